The number of hydrogen-bond donors (Lipinski definition) is 1. The Balaban J connectivity index is 1.33. The molecule has 1 fully saturated rings. The normalized spacial score (nSPS) is 25.7. The second-order valence-electron chi connectivity index (χ2n) is 9.31. The highest BCUT2D eigenvalue weighted by Gasteiger charge is 2.67. The summed E-state index contributed by atoms with van der Waals surface area (Å²) in [7, 11) is 0. The zero-order valence-corrected chi connectivity index (χ0v) is 20.4. The molecule has 35 heavy (non-hydrogen) atoms. The number of nitrogens with one attached hydrogen (secondary N) is 1. The van der Waals surface area contributed by atoms with Gasteiger partial charge in [-0.05, 0) is 53.4 Å². The zero-order chi connectivity index (χ0) is 24.5. The van der Waals surface area contributed by atoms with Gasteiger partial charge in [-0.3, -0.25) is 24.1 Å². The number of anilines is 1. The second-order valence-corrected chi connectivity index (χ2v) is 10.6. The predicted octanol–water partition coefficient (Wildman–Crippen LogP) is 4.23. The van der Waals surface area contributed by atoms with E-state index in [1.165, 1.54) is 6.92 Å². The first-order valence-corrected chi connectivity index (χ1v) is 12.3. The molecule has 3 aliphatic carbocycles. The molecule has 3 amide bonds. The van der Waals surface area contributed by atoms with E-state index in [0.29, 0.717) is 11.3 Å². The Bertz CT molecular complexity index is 1380. The van der Waals surface area contributed by atoms with Gasteiger partial charge >= 0.3 is 0 Å². The Kier molecular flexibility index (Phi) is 4.83. The number of carbonyl (C=O) groups excluding carboxylic acids is 4. The Morgan fingerprint density at radius 2 is 1.46 bits per heavy atom. The van der Waals surface area contributed by atoms with Crippen molar-refractivity contribution in [3.8, 4) is 0 Å². The monoisotopic (exact) mass is 528 g/mol. The molecule has 0 aromatic heterocycles. The van der Waals surface area contributed by atoms with Gasteiger partial charge in [0.15, 0.2) is 5.78 Å². The van der Waals surface area contributed by atoms with E-state index in [2.05, 4.69) is 21.2 Å². The average molecular weight is 529 g/mol. The van der Waals surface area contributed by atoms with Crippen LogP contribution in [0.4, 0.5) is 5.69 Å². The van der Waals surface area contributed by atoms with Crippen molar-refractivity contribution in [2.45, 2.75) is 17.2 Å². The van der Waals surface area contributed by atoms with E-state index < -0.39 is 22.1 Å². The molecule has 1 aliphatic heterocycles. The fraction of sp³-hybridized carbons (Fsp3) is 0.214. The lowest BCUT2D eigenvalue weighted by molar-refractivity contribution is -0.142. The molecule has 2 atom stereocenters. The fourth-order valence-electron chi connectivity index (χ4n) is 6.03. The van der Waals surface area contributed by atoms with E-state index in [4.69, 9.17) is 0 Å². The topological polar surface area (TPSA) is 83.6 Å². The Morgan fingerprint density at radius 3 is 2.03 bits per heavy atom. The Labute approximate surface area is 210 Å². The van der Waals surface area contributed by atoms with Crippen molar-refractivity contribution in [3.63, 3.8) is 0 Å². The van der Waals surface area contributed by atoms with Crippen LogP contribution in [-0.4, -0.2) is 34.9 Å². The first-order chi connectivity index (χ1) is 16.8. The molecule has 3 aromatic carbocycles. The lowest BCUT2D eigenvalue weighted by atomic mass is 9.55. The number of halogens is 1. The van der Waals surface area contributed by atoms with Gasteiger partial charge in [0.05, 0.1) is 16.2 Å². The van der Waals surface area contributed by atoms with E-state index in [-0.39, 0.29) is 30.1 Å². The summed E-state index contributed by atoms with van der Waals surface area (Å²) in [5, 5.41) is 2.73. The van der Waals surface area contributed by atoms with Crippen LogP contribution in [-0.2, 0) is 18.7 Å². The molecule has 0 spiro atoms. The van der Waals surface area contributed by atoms with Crippen LogP contribution in [0.1, 0.15) is 45.5 Å². The van der Waals surface area contributed by atoms with Crippen LogP contribution < -0.4 is 5.32 Å². The maximum Gasteiger partial charge on any atom is 0.244 e. The van der Waals surface area contributed by atoms with Crippen molar-refractivity contribution >= 4 is 45.1 Å². The molecular formula is C28H21BrN2O4. The Morgan fingerprint density at radius 1 is 0.886 bits per heavy atom. The highest BCUT2D eigenvalue weighted by Crippen LogP contribution is 2.66. The van der Waals surface area contributed by atoms with Crippen LogP contribution in [0, 0.1) is 11.8 Å². The number of carbonyl (C=O) groups is 4. The minimum absolute atomic E-state index is 0.0703. The molecule has 2 bridgehead atoms. The zero-order valence-electron chi connectivity index (χ0n) is 18.8. The van der Waals surface area contributed by atoms with Crippen molar-refractivity contribution in [2.75, 3.05) is 11.9 Å². The molecule has 0 unspecified atom stereocenters. The predicted molar refractivity (Wildman–Crippen MR) is 133 cm³/mol. The molecule has 4 aliphatic rings. The van der Waals surface area contributed by atoms with Gasteiger partial charge in [-0.15, -0.1) is 0 Å². The molecule has 3 aromatic rings. The third-order valence-corrected chi connectivity index (χ3v) is 8.83. The van der Waals surface area contributed by atoms with Gasteiger partial charge in [0.1, 0.15) is 6.54 Å². The summed E-state index contributed by atoms with van der Waals surface area (Å²) in [6.07, 6.45) is 0. The molecule has 174 valence electrons. The number of ketones is 1. The SMILES string of the molecule is CC(=O)c1ccc(NC(=O)CN2C(=O)[C@@H]3C4c5ccccc5C(Br)(c5ccccc54)[C@@H]3C2=O)cc1. The fourth-order valence-corrected chi connectivity index (χ4v) is 7.23. The number of imide groups is 1. The van der Waals surface area contributed by atoms with Gasteiger partial charge in [0.2, 0.25) is 17.7 Å². The maximum absolute atomic E-state index is 13.7. The van der Waals surface area contributed by atoms with Crippen molar-refractivity contribution in [1.82, 2.24) is 4.90 Å². The molecule has 0 saturated carbocycles. The molecule has 0 radical (unpaired) electrons. The third kappa shape index (κ3) is 3.01. The quantitative estimate of drug-likeness (QED) is 0.312. The molecule has 1 saturated heterocycles. The van der Waals surface area contributed by atoms with Crippen molar-refractivity contribution in [2.24, 2.45) is 11.8 Å². The maximum atomic E-state index is 13.7. The second kappa shape index (κ2) is 7.71. The van der Waals surface area contributed by atoms with Gasteiger partial charge in [-0.1, -0.05) is 64.5 Å². The lowest BCUT2D eigenvalue weighted by Gasteiger charge is -2.51. The van der Waals surface area contributed by atoms with E-state index in [1.807, 2.05) is 48.5 Å². The minimum atomic E-state index is -0.833. The number of likely N-dealkylation sites (tertiary alicyclic amines) is 1. The largest absolute Gasteiger partial charge is 0.325 e. The molecular weight excluding hydrogens is 508 g/mol. The summed E-state index contributed by atoms with van der Waals surface area (Å²) in [5.74, 6) is -2.64. The van der Waals surface area contributed by atoms with Crippen LogP contribution in [0.5, 0.6) is 0 Å². The average Bonchev–Trinajstić information content (AvgIpc) is 3.11. The number of hydrogen-bond acceptors (Lipinski definition) is 4. The van der Waals surface area contributed by atoms with Crippen molar-refractivity contribution < 1.29 is 19.2 Å². The first kappa shape index (κ1) is 21.9. The summed E-state index contributed by atoms with van der Waals surface area (Å²) in [6.45, 7) is 1.11. The molecule has 6 nitrogen and oxygen atoms in total. The van der Waals surface area contributed by atoms with Crippen LogP contribution in [0.15, 0.2) is 72.8 Å². The van der Waals surface area contributed by atoms with E-state index in [0.717, 1.165) is 27.2 Å². The lowest BCUT2D eigenvalue weighted by Crippen LogP contribution is -2.50. The number of rotatable bonds is 4. The van der Waals surface area contributed by atoms with Crippen LogP contribution in [0.2, 0.25) is 0 Å². The highest BCUT2D eigenvalue weighted by molar-refractivity contribution is 9.09. The van der Waals surface area contributed by atoms with Gasteiger partial charge in [-0.2, -0.15) is 0 Å². The third-order valence-electron chi connectivity index (χ3n) is 7.48. The number of Topliss-reactive ketones (excluding diaryl/α,β-unsaturated/α-hetero) is 1. The number of amides is 3. The highest BCUT2D eigenvalue weighted by atomic mass is 79.9. The summed E-state index contributed by atoms with van der Waals surface area (Å²) in [5.41, 5.74) is 5.12. The van der Waals surface area contributed by atoms with E-state index in [9.17, 15) is 19.2 Å². The summed E-state index contributed by atoms with van der Waals surface area (Å²) >= 11 is 3.94. The number of nitrogens with zero attached hydrogens (tertiary/aromatic N) is 1. The van der Waals surface area contributed by atoms with Gasteiger partial charge in [0.25, 0.3) is 0 Å². The molecule has 7 rings (SSSR count). The van der Waals surface area contributed by atoms with Gasteiger partial charge in [-0.25, -0.2) is 0 Å². The number of alkyl halides is 1. The van der Waals surface area contributed by atoms with Crippen LogP contribution in [0.25, 0.3) is 0 Å². The van der Waals surface area contributed by atoms with Gasteiger partial charge < -0.3 is 5.32 Å². The van der Waals surface area contributed by atoms with Crippen LogP contribution >= 0.6 is 15.9 Å². The Hall–Kier alpha value is -3.58. The molecule has 7 heteroatoms. The number of benzene rings is 3. The van der Waals surface area contributed by atoms with Crippen molar-refractivity contribution in [1.29, 1.82) is 0 Å². The smallest absolute Gasteiger partial charge is 0.244 e. The van der Waals surface area contributed by atoms with Crippen molar-refractivity contribution in [3.05, 3.63) is 101 Å². The van der Waals surface area contributed by atoms with Gasteiger partial charge in [0, 0.05) is 17.2 Å². The van der Waals surface area contributed by atoms with E-state index in [1.54, 1.807) is 24.3 Å². The first-order valence-electron chi connectivity index (χ1n) is 11.5. The summed E-state index contributed by atoms with van der Waals surface area (Å²) in [6, 6.07) is 22.4. The minimum Gasteiger partial charge on any atom is -0.325 e. The van der Waals surface area contributed by atoms with Crippen LogP contribution in [0.3, 0.4) is 0 Å². The standard InChI is InChI=1S/C28H21BrN2O4/c1-15(32)16-10-12-17(13-11-16)30-22(33)14-31-26(34)24-23-18-6-2-4-8-20(18)28(29,25(24)27(31)35)21-9-5-3-7-19(21)23/h2-13,23-25H,14H2,1H3,(H,30,33)/t23?,24-,25+,28?/m1/s1. The molecule has 1 heterocycles. The van der Waals surface area contributed by atoms with E-state index >= 15 is 0 Å². The summed E-state index contributed by atoms with van der Waals surface area (Å²) in [4.78, 5) is 52.8. The summed E-state index contributed by atoms with van der Waals surface area (Å²) < 4.78 is -0.833. The molecule has 1 N–H and O–H groups in total.